The molecule has 3 heteroatoms. The van der Waals surface area contributed by atoms with Gasteiger partial charge in [0.05, 0.1) is 12.5 Å². The second-order valence-electron chi connectivity index (χ2n) is 4.56. The topological polar surface area (TPSA) is 9.23 Å². The van der Waals surface area contributed by atoms with E-state index in [1.807, 2.05) is 50.2 Å². The van der Waals surface area contributed by atoms with Crippen LogP contribution >= 0.6 is 23.2 Å². The van der Waals surface area contributed by atoms with Gasteiger partial charge in [-0.25, -0.2) is 0 Å². The van der Waals surface area contributed by atoms with Crippen molar-refractivity contribution in [1.29, 1.82) is 0 Å². The second kappa shape index (κ2) is 5.85. The summed E-state index contributed by atoms with van der Waals surface area (Å²) < 4.78 is 5.37. The molecule has 0 spiro atoms. The third-order valence-electron chi connectivity index (χ3n) is 3.23. The molecule has 0 N–H and O–H groups in total. The zero-order chi connectivity index (χ0) is 14.0. The average molecular weight is 295 g/mol. The van der Waals surface area contributed by atoms with Crippen LogP contribution in [-0.4, -0.2) is 7.11 Å². The lowest BCUT2D eigenvalue weighted by molar-refractivity contribution is 0.410. The van der Waals surface area contributed by atoms with Gasteiger partial charge in [-0.3, -0.25) is 0 Å². The lowest BCUT2D eigenvalue weighted by Gasteiger charge is -2.17. The number of para-hydroxylation sites is 1. The molecule has 2 aromatic carbocycles. The molecule has 0 saturated heterocycles. The molecule has 0 radical (unpaired) electrons. The first-order valence-corrected chi connectivity index (χ1v) is 6.89. The smallest absolute Gasteiger partial charge is 0.123 e. The van der Waals surface area contributed by atoms with E-state index < -0.39 is 0 Å². The number of ether oxygens (including phenoxy) is 1. The summed E-state index contributed by atoms with van der Waals surface area (Å²) in [5.74, 6) is 0.800. The summed E-state index contributed by atoms with van der Waals surface area (Å²) in [5.41, 5.74) is 4.15. The Bertz CT molecular complexity index is 593. The number of hydrogen-bond acceptors (Lipinski definition) is 1. The Kier molecular flexibility index (Phi) is 4.38. The maximum atomic E-state index is 6.62. The fraction of sp³-hybridized carbons (Fsp3) is 0.250. The highest BCUT2D eigenvalue weighted by Crippen LogP contribution is 2.37. The highest BCUT2D eigenvalue weighted by Gasteiger charge is 2.18. The minimum Gasteiger partial charge on any atom is -0.496 e. The van der Waals surface area contributed by atoms with Gasteiger partial charge in [0.25, 0.3) is 0 Å². The number of benzene rings is 2. The summed E-state index contributed by atoms with van der Waals surface area (Å²) in [6.07, 6.45) is 0. The maximum Gasteiger partial charge on any atom is 0.123 e. The van der Waals surface area contributed by atoms with Crippen molar-refractivity contribution in [3.63, 3.8) is 0 Å². The van der Waals surface area contributed by atoms with Gasteiger partial charge in [-0.1, -0.05) is 35.9 Å². The van der Waals surface area contributed by atoms with E-state index in [1.54, 1.807) is 7.11 Å². The first-order chi connectivity index (χ1) is 9.04. The van der Waals surface area contributed by atoms with Gasteiger partial charge in [0.1, 0.15) is 5.75 Å². The van der Waals surface area contributed by atoms with Crippen molar-refractivity contribution in [3.8, 4) is 5.75 Å². The van der Waals surface area contributed by atoms with E-state index in [1.165, 1.54) is 0 Å². The summed E-state index contributed by atoms with van der Waals surface area (Å²) in [6, 6.07) is 11.8. The van der Waals surface area contributed by atoms with E-state index in [4.69, 9.17) is 27.9 Å². The van der Waals surface area contributed by atoms with E-state index in [9.17, 15) is 0 Å². The predicted molar refractivity (Wildman–Crippen MR) is 81.6 cm³/mol. The molecule has 0 bridgehead atoms. The average Bonchev–Trinajstić information content (AvgIpc) is 2.42. The lowest BCUT2D eigenvalue weighted by Crippen LogP contribution is -2.00. The number of hydrogen-bond donors (Lipinski definition) is 0. The van der Waals surface area contributed by atoms with Crippen LogP contribution in [-0.2, 0) is 0 Å². The molecule has 0 aliphatic rings. The minimum absolute atomic E-state index is 0.243. The molecule has 1 nitrogen and oxygen atoms in total. The van der Waals surface area contributed by atoms with Crippen molar-refractivity contribution in [1.82, 2.24) is 0 Å². The monoisotopic (exact) mass is 294 g/mol. The highest BCUT2D eigenvalue weighted by molar-refractivity contribution is 6.31. The van der Waals surface area contributed by atoms with Crippen LogP contribution in [0.5, 0.6) is 5.75 Å². The van der Waals surface area contributed by atoms with Crippen molar-refractivity contribution in [2.45, 2.75) is 19.2 Å². The Morgan fingerprint density at radius 1 is 1.00 bits per heavy atom. The molecule has 0 saturated carbocycles. The van der Waals surface area contributed by atoms with Crippen LogP contribution in [0.2, 0.25) is 5.02 Å². The van der Waals surface area contributed by atoms with Crippen molar-refractivity contribution < 1.29 is 4.74 Å². The number of alkyl halides is 1. The molecular weight excluding hydrogens is 279 g/mol. The number of rotatable bonds is 3. The van der Waals surface area contributed by atoms with E-state index in [0.717, 1.165) is 33.0 Å². The Morgan fingerprint density at radius 3 is 2.37 bits per heavy atom. The van der Waals surface area contributed by atoms with Crippen LogP contribution in [0.25, 0.3) is 0 Å². The quantitative estimate of drug-likeness (QED) is 0.699. The Morgan fingerprint density at radius 2 is 1.68 bits per heavy atom. The van der Waals surface area contributed by atoms with Crippen LogP contribution in [0.1, 0.15) is 27.6 Å². The molecule has 1 unspecified atom stereocenters. The number of methoxy groups -OCH3 is 1. The van der Waals surface area contributed by atoms with Gasteiger partial charge < -0.3 is 4.74 Å². The molecule has 0 aromatic heterocycles. The van der Waals surface area contributed by atoms with Crippen LogP contribution in [0.4, 0.5) is 0 Å². The Labute approximate surface area is 124 Å². The highest BCUT2D eigenvalue weighted by atomic mass is 35.5. The standard InChI is InChI=1S/C16H16Cl2O/c1-10-9-14(17)11(2)8-13(10)16(18)12-6-4-5-7-15(12)19-3/h4-9,16H,1-3H3. The second-order valence-corrected chi connectivity index (χ2v) is 5.41. The molecule has 1 atom stereocenters. The minimum atomic E-state index is -0.243. The van der Waals surface area contributed by atoms with Gasteiger partial charge in [-0.2, -0.15) is 0 Å². The summed E-state index contributed by atoms with van der Waals surface area (Å²) in [5, 5.41) is 0.525. The SMILES string of the molecule is COc1ccccc1C(Cl)c1cc(C)c(Cl)cc1C. The van der Waals surface area contributed by atoms with Gasteiger partial charge in [-0.15, -0.1) is 11.6 Å². The van der Waals surface area contributed by atoms with Crippen LogP contribution in [0.3, 0.4) is 0 Å². The molecule has 2 rings (SSSR count). The first kappa shape index (κ1) is 14.2. The number of aryl methyl sites for hydroxylation is 2. The third-order valence-corrected chi connectivity index (χ3v) is 4.11. The summed E-state index contributed by atoms with van der Waals surface area (Å²) in [4.78, 5) is 0. The Hall–Kier alpha value is -1.18. The van der Waals surface area contributed by atoms with Gasteiger partial charge >= 0.3 is 0 Å². The van der Waals surface area contributed by atoms with Crippen molar-refractivity contribution in [3.05, 3.63) is 63.7 Å². The van der Waals surface area contributed by atoms with E-state index >= 15 is 0 Å². The predicted octanol–water partition coefficient (Wildman–Crippen LogP) is 5.29. The number of halogens is 2. The van der Waals surface area contributed by atoms with Crippen molar-refractivity contribution in [2.24, 2.45) is 0 Å². The van der Waals surface area contributed by atoms with E-state index in [0.29, 0.717) is 0 Å². The molecular formula is C16H16Cl2O. The molecule has 2 aromatic rings. The largest absolute Gasteiger partial charge is 0.496 e. The van der Waals surface area contributed by atoms with E-state index in [-0.39, 0.29) is 5.38 Å². The van der Waals surface area contributed by atoms with Crippen LogP contribution in [0.15, 0.2) is 36.4 Å². The molecule has 0 heterocycles. The molecule has 0 fully saturated rings. The van der Waals surface area contributed by atoms with Gasteiger partial charge in [0, 0.05) is 10.6 Å². The zero-order valence-corrected chi connectivity index (χ0v) is 12.7. The summed E-state index contributed by atoms with van der Waals surface area (Å²) in [7, 11) is 1.66. The third kappa shape index (κ3) is 2.88. The fourth-order valence-electron chi connectivity index (χ4n) is 2.12. The first-order valence-electron chi connectivity index (χ1n) is 6.08. The van der Waals surface area contributed by atoms with Gasteiger partial charge in [0.15, 0.2) is 0 Å². The van der Waals surface area contributed by atoms with Crippen molar-refractivity contribution >= 4 is 23.2 Å². The lowest BCUT2D eigenvalue weighted by atomic mass is 9.97. The summed E-state index contributed by atoms with van der Waals surface area (Å²) in [6.45, 7) is 4.00. The van der Waals surface area contributed by atoms with Crippen LogP contribution in [0, 0.1) is 13.8 Å². The molecule has 0 aliphatic heterocycles. The van der Waals surface area contributed by atoms with E-state index in [2.05, 4.69) is 0 Å². The maximum absolute atomic E-state index is 6.62. The van der Waals surface area contributed by atoms with Crippen LogP contribution < -0.4 is 4.74 Å². The molecule has 19 heavy (non-hydrogen) atoms. The molecule has 0 amide bonds. The summed E-state index contributed by atoms with van der Waals surface area (Å²) >= 11 is 12.7. The molecule has 100 valence electrons. The normalized spacial score (nSPS) is 12.3. The fourth-order valence-corrected chi connectivity index (χ4v) is 2.75. The van der Waals surface area contributed by atoms with Gasteiger partial charge in [-0.05, 0) is 42.7 Å². The van der Waals surface area contributed by atoms with Crippen molar-refractivity contribution in [2.75, 3.05) is 7.11 Å². The van der Waals surface area contributed by atoms with Gasteiger partial charge in [0.2, 0.25) is 0 Å². The molecule has 0 aliphatic carbocycles. The Balaban J connectivity index is 2.50. The zero-order valence-electron chi connectivity index (χ0n) is 11.2.